The Morgan fingerprint density at radius 2 is 1.93 bits per heavy atom. The molecule has 0 saturated heterocycles. The van der Waals surface area contributed by atoms with Gasteiger partial charge in [-0.2, -0.15) is 0 Å². The van der Waals surface area contributed by atoms with E-state index in [9.17, 15) is 0 Å². The summed E-state index contributed by atoms with van der Waals surface area (Å²) < 4.78 is 0. The van der Waals surface area contributed by atoms with Gasteiger partial charge in [-0.15, -0.1) is 0 Å². The lowest BCUT2D eigenvalue weighted by molar-refractivity contribution is 0.224. The molecule has 1 aliphatic rings. The lowest BCUT2D eigenvalue weighted by Gasteiger charge is -2.26. The van der Waals surface area contributed by atoms with Crippen molar-refractivity contribution in [3.05, 3.63) is 0 Å². The maximum absolute atomic E-state index is 6.00. The normalized spacial score (nSPS) is 17.8. The van der Waals surface area contributed by atoms with E-state index >= 15 is 0 Å². The van der Waals surface area contributed by atoms with Crippen molar-refractivity contribution in [2.45, 2.75) is 65.0 Å². The summed E-state index contributed by atoms with van der Waals surface area (Å²) in [7, 11) is 0. The van der Waals surface area contributed by atoms with Crippen LogP contribution in [-0.4, -0.2) is 29.6 Å². The SMILES string of the molecule is CC(C)CN(CCCC(C)(C)N)C1CC1. The van der Waals surface area contributed by atoms with Gasteiger partial charge in [-0.1, -0.05) is 13.8 Å². The molecule has 1 saturated carbocycles. The molecule has 2 N–H and O–H groups in total. The molecule has 0 aliphatic heterocycles. The Hall–Kier alpha value is -0.0800. The van der Waals surface area contributed by atoms with Crippen LogP contribution < -0.4 is 5.73 Å². The first kappa shape index (κ1) is 13.0. The molecule has 0 aromatic carbocycles. The highest BCUT2D eigenvalue weighted by Crippen LogP contribution is 2.28. The molecule has 90 valence electrons. The largest absolute Gasteiger partial charge is 0.326 e. The first-order valence-corrected chi connectivity index (χ1v) is 6.41. The van der Waals surface area contributed by atoms with E-state index in [1.807, 2.05) is 0 Å². The minimum absolute atomic E-state index is 0.00700. The summed E-state index contributed by atoms with van der Waals surface area (Å²) in [6, 6.07) is 0.897. The molecule has 1 rings (SSSR count). The fraction of sp³-hybridized carbons (Fsp3) is 1.00. The van der Waals surface area contributed by atoms with Gasteiger partial charge >= 0.3 is 0 Å². The molecule has 0 aromatic heterocycles. The quantitative estimate of drug-likeness (QED) is 0.703. The first-order chi connectivity index (χ1) is 6.88. The Bertz CT molecular complexity index is 177. The van der Waals surface area contributed by atoms with Gasteiger partial charge in [0, 0.05) is 18.1 Å². The van der Waals surface area contributed by atoms with Gasteiger partial charge < -0.3 is 10.6 Å². The molecule has 0 aromatic rings. The van der Waals surface area contributed by atoms with Crippen molar-refractivity contribution in [3.63, 3.8) is 0 Å². The van der Waals surface area contributed by atoms with E-state index in [2.05, 4.69) is 32.6 Å². The minimum Gasteiger partial charge on any atom is -0.326 e. The summed E-state index contributed by atoms with van der Waals surface area (Å²) in [6.07, 6.45) is 5.21. The molecular weight excluding hydrogens is 184 g/mol. The highest BCUT2D eigenvalue weighted by molar-refractivity contribution is 4.85. The lowest BCUT2D eigenvalue weighted by Crippen LogP contribution is -2.35. The van der Waals surface area contributed by atoms with Crippen LogP contribution >= 0.6 is 0 Å². The third-order valence-electron chi connectivity index (χ3n) is 2.93. The Balaban J connectivity index is 2.20. The van der Waals surface area contributed by atoms with E-state index < -0.39 is 0 Å². The lowest BCUT2D eigenvalue weighted by atomic mass is 10.00. The molecular formula is C13H28N2. The summed E-state index contributed by atoms with van der Waals surface area (Å²) in [4.78, 5) is 2.66. The zero-order chi connectivity index (χ0) is 11.5. The second-order valence-electron chi connectivity index (χ2n) is 6.21. The zero-order valence-corrected chi connectivity index (χ0v) is 10.9. The number of hydrogen-bond donors (Lipinski definition) is 1. The highest BCUT2D eigenvalue weighted by atomic mass is 15.2. The van der Waals surface area contributed by atoms with Crippen molar-refractivity contribution in [2.24, 2.45) is 11.7 Å². The third kappa shape index (κ3) is 6.16. The molecule has 2 nitrogen and oxygen atoms in total. The standard InChI is InChI=1S/C13H28N2/c1-11(2)10-15(12-6-7-12)9-5-8-13(3,4)14/h11-12H,5-10,14H2,1-4H3. The van der Waals surface area contributed by atoms with E-state index in [-0.39, 0.29) is 5.54 Å². The van der Waals surface area contributed by atoms with Crippen LogP contribution in [0.15, 0.2) is 0 Å². The number of nitrogens with two attached hydrogens (primary N) is 1. The van der Waals surface area contributed by atoms with Crippen molar-refractivity contribution in [1.29, 1.82) is 0 Å². The molecule has 0 unspecified atom stereocenters. The van der Waals surface area contributed by atoms with Crippen LogP contribution in [0.25, 0.3) is 0 Å². The van der Waals surface area contributed by atoms with E-state index in [1.165, 1.54) is 32.4 Å². The molecule has 1 fully saturated rings. The van der Waals surface area contributed by atoms with Crippen LogP contribution in [0.2, 0.25) is 0 Å². The first-order valence-electron chi connectivity index (χ1n) is 6.41. The summed E-state index contributed by atoms with van der Waals surface area (Å²) in [5.74, 6) is 0.788. The molecule has 1 aliphatic carbocycles. The van der Waals surface area contributed by atoms with Crippen LogP contribution in [0.1, 0.15) is 53.4 Å². The molecule has 0 spiro atoms. The van der Waals surface area contributed by atoms with Crippen molar-refractivity contribution in [2.75, 3.05) is 13.1 Å². The Morgan fingerprint density at radius 1 is 1.33 bits per heavy atom. The Morgan fingerprint density at radius 3 is 2.33 bits per heavy atom. The molecule has 15 heavy (non-hydrogen) atoms. The maximum Gasteiger partial charge on any atom is 0.00975 e. The molecule has 0 amide bonds. The molecule has 0 bridgehead atoms. The number of nitrogens with zero attached hydrogens (tertiary/aromatic N) is 1. The predicted octanol–water partition coefficient (Wildman–Crippen LogP) is 2.62. The van der Waals surface area contributed by atoms with Gasteiger partial charge in [0.05, 0.1) is 0 Å². The van der Waals surface area contributed by atoms with Crippen molar-refractivity contribution < 1.29 is 0 Å². The summed E-state index contributed by atoms with van der Waals surface area (Å²) in [6.45, 7) is 11.4. The molecule has 0 atom stereocenters. The van der Waals surface area contributed by atoms with E-state index in [1.54, 1.807) is 0 Å². The predicted molar refractivity (Wildman–Crippen MR) is 66.9 cm³/mol. The Labute approximate surface area is 95.2 Å². The van der Waals surface area contributed by atoms with Gasteiger partial charge in [0.2, 0.25) is 0 Å². The van der Waals surface area contributed by atoms with Gasteiger partial charge in [-0.05, 0) is 52.0 Å². The molecule has 2 heteroatoms. The summed E-state index contributed by atoms with van der Waals surface area (Å²) >= 11 is 0. The van der Waals surface area contributed by atoms with E-state index in [4.69, 9.17) is 5.73 Å². The monoisotopic (exact) mass is 212 g/mol. The number of hydrogen-bond acceptors (Lipinski definition) is 2. The zero-order valence-electron chi connectivity index (χ0n) is 10.9. The van der Waals surface area contributed by atoms with Gasteiger partial charge in [-0.3, -0.25) is 0 Å². The average Bonchev–Trinajstić information content (AvgIpc) is 2.81. The van der Waals surface area contributed by atoms with Crippen LogP contribution in [0, 0.1) is 5.92 Å². The van der Waals surface area contributed by atoms with Gasteiger partial charge in [0.1, 0.15) is 0 Å². The van der Waals surface area contributed by atoms with Gasteiger partial charge in [-0.25, -0.2) is 0 Å². The topological polar surface area (TPSA) is 29.3 Å². The average molecular weight is 212 g/mol. The fourth-order valence-corrected chi connectivity index (χ4v) is 2.07. The maximum atomic E-state index is 6.00. The summed E-state index contributed by atoms with van der Waals surface area (Å²) in [5.41, 5.74) is 6.00. The minimum atomic E-state index is 0.00700. The van der Waals surface area contributed by atoms with Gasteiger partial charge in [0.25, 0.3) is 0 Å². The van der Waals surface area contributed by atoms with Crippen molar-refractivity contribution >= 4 is 0 Å². The number of rotatable bonds is 7. The van der Waals surface area contributed by atoms with Crippen molar-refractivity contribution in [1.82, 2.24) is 4.90 Å². The van der Waals surface area contributed by atoms with Crippen LogP contribution in [0.5, 0.6) is 0 Å². The van der Waals surface area contributed by atoms with Crippen LogP contribution in [0.4, 0.5) is 0 Å². The van der Waals surface area contributed by atoms with Crippen molar-refractivity contribution in [3.8, 4) is 0 Å². The van der Waals surface area contributed by atoms with Crippen LogP contribution in [-0.2, 0) is 0 Å². The van der Waals surface area contributed by atoms with Gasteiger partial charge in [0.15, 0.2) is 0 Å². The third-order valence-corrected chi connectivity index (χ3v) is 2.93. The molecule has 0 heterocycles. The molecule has 0 radical (unpaired) electrons. The smallest absolute Gasteiger partial charge is 0.00975 e. The highest BCUT2D eigenvalue weighted by Gasteiger charge is 2.28. The second-order valence-corrected chi connectivity index (χ2v) is 6.21. The van der Waals surface area contributed by atoms with E-state index in [0.717, 1.165) is 18.4 Å². The Kier molecular flexibility index (Phi) is 4.60. The second kappa shape index (κ2) is 5.31. The summed E-state index contributed by atoms with van der Waals surface area (Å²) in [5, 5.41) is 0. The van der Waals surface area contributed by atoms with E-state index in [0.29, 0.717) is 0 Å². The van der Waals surface area contributed by atoms with Crippen LogP contribution in [0.3, 0.4) is 0 Å². The fourth-order valence-electron chi connectivity index (χ4n) is 2.07.